The monoisotopic (exact) mass is 424 g/mol. The molecule has 158 valence electrons. The van der Waals surface area contributed by atoms with Crippen molar-refractivity contribution >= 4 is 27.5 Å². The Hall–Kier alpha value is -2.35. The molecule has 4 rings (SSSR count). The molecular formula is C23H28N4O2S. The van der Waals surface area contributed by atoms with Crippen molar-refractivity contribution in [3.8, 4) is 0 Å². The van der Waals surface area contributed by atoms with Gasteiger partial charge in [-0.2, -0.15) is 0 Å². The van der Waals surface area contributed by atoms with E-state index in [4.69, 9.17) is 4.74 Å². The van der Waals surface area contributed by atoms with Crippen LogP contribution in [0, 0.1) is 0 Å². The maximum absolute atomic E-state index is 13.1. The molecule has 3 aromatic rings. The number of hydrogen-bond donors (Lipinski definition) is 0. The van der Waals surface area contributed by atoms with Crippen LogP contribution in [-0.4, -0.2) is 65.1 Å². The van der Waals surface area contributed by atoms with E-state index in [1.807, 2.05) is 35.2 Å². The molecule has 0 spiro atoms. The van der Waals surface area contributed by atoms with Crippen molar-refractivity contribution in [3.63, 3.8) is 0 Å². The zero-order chi connectivity index (χ0) is 20.6. The molecule has 0 aliphatic carbocycles. The van der Waals surface area contributed by atoms with E-state index < -0.39 is 0 Å². The quantitative estimate of drug-likeness (QED) is 0.527. The molecule has 1 amide bonds. The lowest BCUT2D eigenvalue weighted by molar-refractivity contribution is -0.132. The molecule has 3 heterocycles. The van der Waals surface area contributed by atoms with Gasteiger partial charge in [0.15, 0.2) is 0 Å². The summed E-state index contributed by atoms with van der Waals surface area (Å²) in [5.74, 6) is 0.188. The van der Waals surface area contributed by atoms with Crippen LogP contribution >= 0.6 is 11.3 Å². The van der Waals surface area contributed by atoms with Gasteiger partial charge in [0.2, 0.25) is 5.91 Å². The van der Waals surface area contributed by atoms with Crippen LogP contribution in [0.3, 0.4) is 0 Å². The van der Waals surface area contributed by atoms with Crippen molar-refractivity contribution in [2.75, 3.05) is 39.4 Å². The summed E-state index contributed by atoms with van der Waals surface area (Å²) in [6, 6.07) is 12.1. The van der Waals surface area contributed by atoms with Gasteiger partial charge in [-0.05, 0) is 36.2 Å². The van der Waals surface area contributed by atoms with Crippen molar-refractivity contribution in [3.05, 3.63) is 59.4 Å². The van der Waals surface area contributed by atoms with E-state index in [0.717, 1.165) is 61.9 Å². The lowest BCUT2D eigenvalue weighted by Gasteiger charge is -2.28. The molecule has 1 fully saturated rings. The second-order valence-corrected chi connectivity index (χ2v) is 8.67. The van der Waals surface area contributed by atoms with E-state index in [0.29, 0.717) is 19.4 Å². The number of carbonyl (C=O) groups is 1. The number of rotatable bonds is 9. The van der Waals surface area contributed by atoms with Crippen molar-refractivity contribution < 1.29 is 9.53 Å². The van der Waals surface area contributed by atoms with Gasteiger partial charge in [0.1, 0.15) is 0 Å². The van der Waals surface area contributed by atoms with Crippen LogP contribution in [0.25, 0.3) is 10.2 Å². The second-order valence-electron chi connectivity index (χ2n) is 7.55. The van der Waals surface area contributed by atoms with Crippen molar-refractivity contribution in [2.24, 2.45) is 0 Å². The number of pyridine rings is 1. The molecule has 0 saturated carbocycles. The standard InChI is InChI=1S/C23H28N4O2S/c28-23(7-6-22-25-20-4-1-2-5-21(20)30-22)27(18-19-8-10-24-11-9-19)13-3-12-26-14-16-29-17-15-26/h1-2,4-5,8-11H,3,6-7,12-18H2. The highest BCUT2D eigenvalue weighted by Crippen LogP contribution is 2.22. The SMILES string of the molecule is O=C(CCc1nc2ccccc2s1)N(CCCN1CCOCC1)Cc1ccncc1. The van der Waals surface area contributed by atoms with Crippen LogP contribution < -0.4 is 0 Å². The molecule has 0 unspecified atom stereocenters. The van der Waals surface area contributed by atoms with Crippen molar-refractivity contribution in [1.29, 1.82) is 0 Å². The normalized spacial score (nSPS) is 14.8. The molecule has 1 aliphatic heterocycles. The van der Waals surface area contributed by atoms with Gasteiger partial charge in [-0.1, -0.05) is 12.1 Å². The van der Waals surface area contributed by atoms with Crippen LogP contribution in [-0.2, 0) is 22.5 Å². The van der Waals surface area contributed by atoms with Gasteiger partial charge in [-0.25, -0.2) is 4.98 Å². The summed E-state index contributed by atoms with van der Waals surface area (Å²) in [5, 5.41) is 1.03. The average molecular weight is 425 g/mol. The molecule has 30 heavy (non-hydrogen) atoms. The van der Waals surface area contributed by atoms with E-state index in [-0.39, 0.29) is 5.91 Å². The summed E-state index contributed by atoms with van der Waals surface area (Å²) in [6.45, 7) is 5.97. The Morgan fingerprint density at radius 1 is 1.13 bits per heavy atom. The Morgan fingerprint density at radius 2 is 1.93 bits per heavy atom. The largest absolute Gasteiger partial charge is 0.379 e. The molecule has 0 atom stereocenters. The van der Waals surface area contributed by atoms with E-state index in [1.54, 1.807) is 23.7 Å². The number of fused-ring (bicyclic) bond motifs is 1. The maximum Gasteiger partial charge on any atom is 0.223 e. The van der Waals surface area contributed by atoms with Gasteiger partial charge in [0, 0.05) is 58.0 Å². The molecule has 2 aromatic heterocycles. The second kappa shape index (κ2) is 10.6. The highest BCUT2D eigenvalue weighted by atomic mass is 32.1. The van der Waals surface area contributed by atoms with Gasteiger partial charge in [0.25, 0.3) is 0 Å². The molecule has 6 nitrogen and oxygen atoms in total. The summed E-state index contributed by atoms with van der Waals surface area (Å²) >= 11 is 1.68. The Bertz CT molecular complexity index is 908. The summed E-state index contributed by atoms with van der Waals surface area (Å²) in [4.78, 5) is 26.2. The molecule has 0 bridgehead atoms. The first kappa shape index (κ1) is 20.9. The minimum absolute atomic E-state index is 0.188. The topological polar surface area (TPSA) is 58.6 Å². The van der Waals surface area contributed by atoms with Crippen LogP contribution in [0.4, 0.5) is 0 Å². The fraction of sp³-hybridized carbons (Fsp3) is 0.435. The Balaban J connectivity index is 1.34. The number of ether oxygens (including phenoxy) is 1. The Labute approximate surface area is 181 Å². The number of para-hydroxylation sites is 1. The third kappa shape index (κ3) is 5.84. The summed E-state index contributed by atoms with van der Waals surface area (Å²) < 4.78 is 6.60. The lowest BCUT2D eigenvalue weighted by Crippen LogP contribution is -2.39. The fourth-order valence-corrected chi connectivity index (χ4v) is 4.68. The zero-order valence-electron chi connectivity index (χ0n) is 17.2. The van der Waals surface area contributed by atoms with Crippen LogP contribution in [0.2, 0.25) is 0 Å². The number of aryl methyl sites for hydroxylation is 1. The van der Waals surface area contributed by atoms with Crippen molar-refractivity contribution in [1.82, 2.24) is 19.8 Å². The molecule has 0 radical (unpaired) electrons. The third-order valence-electron chi connectivity index (χ3n) is 5.37. The number of benzene rings is 1. The lowest BCUT2D eigenvalue weighted by atomic mass is 10.2. The van der Waals surface area contributed by atoms with E-state index in [9.17, 15) is 4.79 Å². The summed E-state index contributed by atoms with van der Waals surface area (Å²) in [7, 11) is 0. The average Bonchev–Trinajstić information content (AvgIpc) is 3.21. The molecule has 1 aliphatic rings. The van der Waals surface area contributed by atoms with E-state index in [1.165, 1.54) is 4.70 Å². The van der Waals surface area contributed by atoms with E-state index >= 15 is 0 Å². The number of amides is 1. The minimum atomic E-state index is 0.188. The van der Waals surface area contributed by atoms with Crippen LogP contribution in [0.15, 0.2) is 48.8 Å². The van der Waals surface area contributed by atoms with Gasteiger partial charge < -0.3 is 9.64 Å². The number of aromatic nitrogens is 2. The Kier molecular flexibility index (Phi) is 7.39. The number of carbonyl (C=O) groups excluding carboxylic acids is 1. The highest BCUT2D eigenvalue weighted by Gasteiger charge is 2.17. The number of morpholine rings is 1. The molecular weight excluding hydrogens is 396 g/mol. The number of hydrogen-bond acceptors (Lipinski definition) is 6. The molecule has 0 N–H and O–H groups in total. The zero-order valence-corrected chi connectivity index (χ0v) is 18.0. The minimum Gasteiger partial charge on any atom is -0.379 e. The van der Waals surface area contributed by atoms with Gasteiger partial charge in [-0.3, -0.25) is 14.7 Å². The molecule has 1 saturated heterocycles. The number of nitrogens with zero attached hydrogens (tertiary/aromatic N) is 4. The third-order valence-corrected chi connectivity index (χ3v) is 6.47. The summed E-state index contributed by atoms with van der Waals surface area (Å²) in [6.07, 6.45) is 5.72. The predicted molar refractivity (Wildman–Crippen MR) is 119 cm³/mol. The fourth-order valence-electron chi connectivity index (χ4n) is 3.71. The molecule has 7 heteroatoms. The van der Waals surface area contributed by atoms with Crippen molar-refractivity contribution in [2.45, 2.75) is 25.8 Å². The van der Waals surface area contributed by atoms with Gasteiger partial charge in [-0.15, -0.1) is 11.3 Å². The highest BCUT2D eigenvalue weighted by molar-refractivity contribution is 7.18. The first-order valence-electron chi connectivity index (χ1n) is 10.6. The predicted octanol–water partition coefficient (Wildman–Crippen LogP) is 3.38. The van der Waals surface area contributed by atoms with Crippen LogP contribution in [0.1, 0.15) is 23.4 Å². The van der Waals surface area contributed by atoms with Crippen LogP contribution in [0.5, 0.6) is 0 Å². The molecule has 1 aromatic carbocycles. The first-order chi connectivity index (χ1) is 14.8. The van der Waals surface area contributed by atoms with E-state index in [2.05, 4.69) is 20.9 Å². The summed E-state index contributed by atoms with van der Waals surface area (Å²) in [5.41, 5.74) is 2.13. The Morgan fingerprint density at radius 3 is 2.73 bits per heavy atom. The first-order valence-corrected chi connectivity index (χ1v) is 11.4. The van der Waals surface area contributed by atoms with Gasteiger partial charge in [0.05, 0.1) is 28.4 Å². The maximum atomic E-state index is 13.1. The van der Waals surface area contributed by atoms with Gasteiger partial charge >= 0.3 is 0 Å². The smallest absolute Gasteiger partial charge is 0.223 e. The number of thiazole rings is 1.